The van der Waals surface area contributed by atoms with Crippen molar-refractivity contribution in [1.29, 1.82) is 0 Å². The summed E-state index contributed by atoms with van der Waals surface area (Å²) in [6.07, 6.45) is 4.88. The summed E-state index contributed by atoms with van der Waals surface area (Å²) >= 11 is 0. The first-order valence-electron chi connectivity index (χ1n) is 6.34. The Labute approximate surface area is 107 Å². The van der Waals surface area contributed by atoms with Crippen molar-refractivity contribution in [2.24, 2.45) is 5.41 Å². The molecule has 1 aromatic heterocycles. The van der Waals surface area contributed by atoms with Gasteiger partial charge in [0.2, 0.25) is 5.82 Å². The van der Waals surface area contributed by atoms with Crippen LogP contribution < -0.4 is 4.90 Å². The molecular weight excluding hydrogens is 230 g/mol. The molecule has 1 aromatic rings. The van der Waals surface area contributed by atoms with Crippen molar-refractivity contribution in [3.63, 3.8) is 0 Å². The van der Waals surface area contributed by atoms with Crippen LogP contribution in [0, 0.1) is 15.5 Å². The average molecular weight is 249 g/mol. The van der Waals surface area contributed by atoms with Crippen LogP contribution in [-0.2, 0) is 0 Å². The van der Waals surface area contributed by atoms with E-state index in [1.165, 1.54) is 6.07 Å². The molecular formula is C13H19N3O2. The first-order chi connectivity index (χ1) is 8.49. The van der Waals surface area contributed by atoms with Gasteiger partial charge in [-0.3, -0.25) is 10.1 Å². The number of hydrogen-bond donors (Lipinski definition) is 0. The number of hydrogen-bond acceptors (Lipinski definition) is 4. The lowest BCUT2D eigenvalue weighted by Crippen LogP contribution is -2.26. The van der Waals surface area contributed by atoms with Crippen molar-refractivity contribution in [3.8, 4) is 0 Å². The zero-order valence-electron chi connectivity index (χ0n) is 10.9. The Morgan fingerprint density at radius 1 is 1.39 bits per heavy atom. The Hall–Kier alpha value is -1.65. The van der Waals surface area contributed by atoms with Crippen LogP contribution in [0.4, 0.5) is 11.5 Å². The van der Waals surface area contributed by atoms with E-state index in [1.54, 1.807) is 12.3 Å². The largest absolute Gasteiger partial charge is 0.351 e. The molecule has 5 heteroatoms. The second kappa shape index (κ2) is 4.92. The minimum absolute atomic E-state index is 0.109. The highest BCUT2D eigenvalue weighted by Gasteiger charge is 2.27. The van der Waals surface area contributed by atoms with Gasteiger partial charge in [0.1, 0.15) is 0 Å². The predicted molar refractivity (Wildman–Crippen MR) is 70.7 cm³/mol. The van der Waals surface area contributed by atoms with E-state index in [4.69, 9.17) is 0 Å². The molecule has 0 amide bonds. The number of nitrogens with zero attached hydrogens (tertiary/aromatic N) is 3. The summed E-state index contributed by atoms with van der Waals surface area (Å²) in [4.78, 5) is 16.9. The molecule has 0 saturated carbocycles. The Kier molecular flexibility index (Phi) is 3.50. The molecule has 1 aliphatic rings. The summed E-state index contributed by atoms with van der Waals surface area (Å²) in [5, 5.41) is 11.0. The van der Waals surface area contributed by atoms with Crippen LogP contribution in [0.25, 0.3) is 0 Å². The number of anilines is 1. The maximum absolute atomic E-state index is 11.0. The third-order valence-corrected chi connectivity index (χ3v) is 3.60. The van der Waals surface area contributed by atoms with Gasteiger partial charge < -0.3 is 4.90 Å². The van der Waals surface area contributed by atoms with E-state index in [2.05, 4.69) is 18.8 Å². The quantitative estimate of drug-likeness (QED) is 0.597. The number of rotatable bonds is 2. The number of nitro groups is 1. The van der Waals surface area contributed by atoms with Crippen LogP contribution in [0.1, 0.15) is 33.1 Å². The van der Waals surface area contributed by atoms with Crippen molar-refractivity contribution in [2.45, 2.75) is 33.1 Å². The molecule has 0 unspecified atom stereocenters. The van der Waals surface area contributed by atoms with Gasteiger partial charge in [0, 0.05) is 25.4 Å². The molecule has 2 heterocycles. The van der Waals surface area contributed by atoms with Gasteiger partial charge in [-0.2, -0.15) is 0 Å². The molecule has 0 aliphatic carbocycles. The first kappa shape index (κ1) is 12.8. The van der Waals surface area contributed by atoms with Crippen LogP contribution in [0.15, 0.2) is 18.3 Å². The molecule has 0 radical (unpaired) electrons. The smallest absolute Gasteiger partial charge is 0.311 e. The number of pyridine rings is 1. The Morgan fingerprint density at radius 3 is 2.89 bits per heavy atom. The van der Waals surface area contributed by atoms with Crippen LogP contribution >= 0.6 is 0 Å². The van der Waals surface area contributed by atoms with Gasteiger partial charge in [0.15, 0.2) is 0 Å². The summed E-state index contributed by atoms with van der Waals surface area (Å²) in [5.41, 5.74) is 0.426. The van der Waals surface area contributed by atoms with Gasteiger partial charge in [-0.25, -0.2) is 4.98 Å². The highest BCUT2D eigenvalue weighted by atomic mass is 16.6. The first-order valence-corrected chi connectivity index (χ1v) is 6.34. The Balaban J connectivity index is 2.24. The minimum Gasteiger partial charge on any atom is -0.351 e. The third kappa shape index (κ3) is 2.78. The van der Waals surface area contributed by atoms with Crippen LogP contribution in [-0.4, -0.2) is 23.0 Å². The SMILES string of the molecule is CC1(C)CCCN(c2ncccc2[N+](=O)[O-])CC1. The second-order valence-corrected chi connectivity index (χ2v) is 5.61. The molecule has 1 fully saturated rings. The maximum atomic E-state index is 11.0. The zero-order chi connectivity index (χ0) is 13.2. The van der Waals surface area contributed by atoms with Crippen LogP contribution in [0.5, 0.6) is 0 Å². The summed E-state index contributed by atoms with van der Waals surface area (Å²) in [6.45, 7) is 6.19. The molecule has 0 bridgehead atoms. The normalized spacial score (nSPS) is 19.3. The topological polar surface area (TPSA) is 59.3 Å². The van der Waals surface area contributed by atoms with E-state index in [-0.39, 0.29) is 10.6 Å². The van der Waals surface area contributed by atoms with Crippen LogP contribution in [0.3, 0.4) is 0 Å². The van der Waals surface area contributed by atoms with Crippen molar-refractivity contribution in [2.75, 3.05) is 18.0 Å². The highest BCUT2D eigenvalue weighted by molar-refractivity contribution is 5.57. The van der Waals surface area contributed by atoms with Crippen molar-refractivity contribution < 1.29 is 4.92 Å². The molecule has 5 nitrogen and oxygen atoms in total. The highest BCUT2D eigenvalue weighted by Crippen LogP contribution is 2.33. The Bertz CT molecular complexity index is 446. The molecule has 98 valence electrons. The summed E-state index contributed by atoms with van der Waals surface area (Å²) in [5.74, 6) is 0.514. The van der Waals surface area contributed by atoms with Crippen LogP contribution in [0.2, 0.25) is 0 Å². The fraction of sp³-hybridized carbons (Fsp3) is 0.615. The van der Waals surface area contributed by atoms with E-state index in [1.807, 2.05) is 4.90 Å². The monoisotopic (exact) mass is 249 g/mol. The van der Waals surface area contributed by atoms with E-state index in [0.717, 1.165) is 32.4 Å². The molecule has 0 spiro atoms. The Morgan fingerprint density at radius 2 is 2.17 bits per heavy atom. The lowest BCUT2D eigenvalue weighted by molar-refractivity contribution is -0.384. The minimum atomic E-state index is -0.349. The van der Waals surface area contributed by atoms with Gasteiger partial charge in [0.25, 0.3) is 0 Å². The van der Waals surface area contributed by atoms with Crippen molar-refractivity contribution in [3.05, 3.63) is 28.4 Å². The van der Waals surface area contributed by atoms with Gasteiger partial charge in [-0.05, 0) is 30.7 Å². The molecule has 1 saturated heterocycles. The molecule has 0 atom stereocenters. The lowest BCUT2D eigenvalue weighted by atomic mass is 9.85. The van der Waals surface area contributed by atoms with E-state index in [9.17, 15) is 10.1 Å². The number of aromatic nitrogens is 1. The van der Waals surface area contributed by atoms with Gasteiger partial charge in [0.05, 0.1) is 4.92 Å². The average Bonchev–Trinajstić information content (AvgIpc) is 2.50. The molecule has 0 aromatic carbocycles. The maximum Gasteiger partial charge on any atom is 0.311 e. The van der Waals surface area contributed by atoms with E-state index in [0.29, 0.717) is 11.2 Å². The van der Waals surface area contributed by atoms with Gasteiger partial charge in [-0.1, -0.05) is 13.8 Å². The molecule has 1 aliphatic heterocycles. The zero-order valence-corrected chi connectivity index (χ0v) is 10.9. The predicted octanol–water partition coefficient (Wildman–Crippen LogP) is 3.01. The molecule has 0 N–H and O–H groups in total. The van der Waals surface area contributed by atoms with Gasteiger partial charge in [-0.15, -0.1) is 0 Å². The molecule has 18 heavy (non-hydrogen) atoms. The van der Waals surface area contributed by atoms with E-state index < -0.39 is 0 Å². The van der Waals surface area contributed by atoms with Crippen molar-refractivity contribution in [1.82, 2.24) is 4.98 Å². The molecule has 2 rings (SSSR count). The second-order valence-electron chi connectivity index (χ2n) is 5.61. The summed E-state index contributed by atoms with van der Waals surface area (Å²) in [6, 6.07) is 3.14. The lowest BCUT2D eigenvalue weighted by Gasteiger charge is -2.23. The summed E-state index contributed by atoms with van der Waals surface area (Å²) < 4.78 is 0. The fourth-order valence-electron chi connectivity index (χ4n) is 2.41. The fourth-order valence-corrected chi connectivity index (χ4v) is 2.41. The van der Waals surface area contributed by atoms with E-state index >= 15 is 0 Å². The summed E-state index contributed by atoms with van der Waals surface area (Å²) in [7, 11) is 0. The van der Waals surface area contributed by atoms with Crippen molar-refractivity contribution >= 4 is 11.5 Å². The van der Waals surface area contributed by atoms with Gasteiger partial charge >= 0.3 is 5.69 Å². The third-order valence-electron chi connectivity index (χ3n) is 3.60. The standard InChI is InChI=1S/C13H19N3O2/c1-13(2)6-4-9-15(10-7-13)12-11(16(17)18)5-3-8-14-12/h3,5,8H,4,6-7,9-10H2,1-2H3.